The minimum absolute atomic E-state index is 0. The fraction of sp³-hybridized carbons (Fsp3) is 0.220. The maximum atomic E-state index is 10.8. The Bertz CT molecular complexity index is 2070. The van der Waals surface area contributed by atoms with Gasteiger partial charge >= 0.3 is 11.8 Å². The largest absolute Gasteiger partial charge is 1.00 e. The summed E-state index contributed by atoms with van der Waals surface area (Å²) in [6, 6.07) is 41.5. The molecule has 1 aromatic heterocycles. The molecule has 1 fully saturated rings. The van der Waals surface area contributed by atoms with Crippen molar-refractivity contribution < 1.29 is 36.6 Å². The molecule has 6 aromatic rings. The quantitative estimate of drug-likeness (QED) is 0.196. The van der Waals surface area contributed by atoms with Crippen molar-refractivity contribution in [3.63, 3.8) is 0 Å². The maximum Gasteiger partial charge on any atom is 0.340 e. The third-order valence-corrected chi connectivity index (χ3v) is 10.3. The van der Waals surface area contributed by atoms with Gasteiger partial charge in [0.15, 0.2) is 5.69 Å². The zero-order chi connectivity index (χ0) is 35.9. The van der Waals surface area contributed by atoms with Crippen LogP contribution in [0.2, 0.25) is 10.0 Å². The van der Waals surface area contributed by atoms with Gasteiger partial charge in [-0.3, -0.25) is 4.79 Å². The van der Waals surface area contributed by atoms with Gasteiger partial charge in [0.25, 0.3) is 0 Å². The first-order valence-corrected chi connectivity index (χ1v) is 18.0. The van der Waals surface area contributed by atoms with Gasteiger partial charge in [-0.1, -0.05) is 96.0 Å². The molecule has 54 heavy (non-hydrogen) atoms. The number of hydrogen-bond donors (Lipinski definition) is 1. The van der Waals surface area contributed by atoms with E-state index in [1.165, 1.54) is 5.56 Å². The van der Waals surface area contributed by atoms with E-state index in [2.05, 4.69) is 11.0 Å². The minimum Gasteiger partial charge on any atom is -1.00 e. The molecular formula is C41H39Cl4N5O4. The van der Waals surface area contributed by atoms with Gasteiger partial charge in [0, 0.05) is 33.9 Å². The van der Waals surface area contributed by atoms with Crippen LogP contribution >= 0.6 is 35.6 Å². The molecular weight excluding hydrogens is 768 g/mol. The molecule has 3 heterocycles. The van der Waals surface area contributed by atoms with Gasteiger partial charge in [-0.15, -0.1) is 12.4 Å². The Balaban J connectivity index is 0.000000205. The van der Waals surface area contributed by atoms with Crippen LogP contribution in [0.1, 0.15) is 30.4 Å². The van der Waals surface area contributed by atoms with E-state index in [1.54, 1.807) is 6.07 Å². The number of benzene rings is 5. The number of hydrogen-bond acceptors (Lipinski definition) is 6. The Morgan fingerprint density at radius 2 is 1.54 bits per heavy atom. The number of rotatable bonds is 9. The van der Waals surface area contributed by atoms with Crippen molar-refractivity contribution in [1.82, 2.24) is 19.9 Å². The van der Waals surface area contributed by atoms with Crippen LogP contribution in [0.5, 0.6) is 11.5 Å². The molecule has 1 spiro atoms. The zero-order valence-corrected chi connectivity index (χ0v) is 32.3. The molecule has 0 radical (unpaired) electrons. The topological polar surface area (TPSA) is 93.6 Å². The number of carboxylic acid groups (broad SMARTS) is 1. The molecule has 280 valence electrons. The van der Waals surface area contributed by atoms with Crippen molar-refractivity contribution in [3.05, 3.63) is 149 Å². The van der Waals surface area contributed by atoms with E-state index in [9.17, 15) is 4.79 Å². The van der Waals surface area contributed by atoms with Crippen LogP contribution in [0.4, 0.5) is 0 Å². The summed E-state index contributed by atoms with van der Waals surface area (Å²) < 4.78 is 11.9. The van der Waals surface area contributed by atoms with Crippen LogP contribution in [0, 0.1) is 0 Å². The summed E-state index contributed by atoms with van der Waals surface area (Å²) in [7, 11) is 0. The third kappa shape index (κ3) is 9.35. The van der Waals surface area contributed by atoms with Gasteiger partial charge in [-0.05, 0) is 84.4 Å². The fourth-order valence-electron chi connectivity index (χ4n) is 6.58. The SMILES string of the molecule is Cl.O=C(O)CCN1CCC2(CC1)COc1cc(OCc3cccc(Cl)c3Cl)ccc12.[Cl-].c1ccc(-c2nn(-c3ccccc3)[n+](-c3ccccc3)n2)cc1. The first-order chi connectivity index (χ1) is 25.4. The van der Waals surface area contributed by atoms with Crippen molar-refractivity contribution in [3.8, 4) is 34.3 Å². The summed E-state index contributed by atoms with van der Waals surface area (Å²) >= 11 is 12.3. The monoisotopic (exact) mass is 805 g/mol. The number of ether oxygens (including phenoxy) is 2. The lowest BCUT2D eigenvalue weighted by atomic mass is 9.74. The highest BCUT2D eigenvalue weighted by Crippen LogP contribution is 2.46. The second kappa shape index (κ2) is 18.6. The predicted octanol–water partition coefficient (Wildman–Crippen LogP) is 5.41. The van der Waals surface area contributed by atoms with Gasteiger partial charge < -0.3 is 31.9 Å². The molecule has 0 bridgehead atoms. The number of carbonyl (C=O) groups is 1. The molecule has 1 saturated heterocycles. The molecule has 2 aliphatic heterocycles. The lowest BCUT2D eigenvalue weighted by Gasteiger charge is -2.38. The number of para-hydroxylation sites is 2. The third-order valence-electron chi connectivity index (χ3n) is 9.47. The molecule has 0 amide bonds. The van der Waals surface area contributed by atoms with Gasteiger partial charge in [-0.25, -0.2) is 0 Å². The van der Waals surface area contributed by atoms with Crippen LogP contribution < -0.4 is 26.7 Å². The molecule has 13 heteroatoms. The van der Waals surface area contributed by atoms with Gasteiger partial charge in [0.05, 0.1) is 33.7 Å². The Morgan fingerprint density at radius 1 is 0.870 bits per heavy atom. The Hall–Kier alpha value is -4.64. The summed E-state index contributed by atoms with van der Waals surface area (Å²) in [4.78, 5) is 16.7. The first kappa shape index (κ1) is 40.5. The smallest absolute Gasteiger partial charge is 0.340 e. The molecule has 8 rings (SSSR count). The van der Waals surface area contributed by atoms with Crippen LogP contribution in [0.25, 0.3) is 22.8 Å². The van der Waals surface area contributed by atoms with Gasteiger partial charge in [0.2, 0.25) is 0 Å². The summed E-state index contributed by atoms with van der Waals surface area (Å²) in [5, 5.41) is 19.3. The highest BCUT2D eigenvalue weighted by Gasteiger charge is 2.43. The average Bonchev–Trinajstić information content (AvgIpc) is 3.79. The number of carboxylic acids is 1. The predicted molar refractivity (Wildman–Crippen MR) is 208 cm³/mol. The number of aromatic nitrogens is 4. The van der Waals surface area contributed by atoms with Crippen LogP contribution in [-0.4, -0.2) is 57.2 Å². The Labute approximate surface area is 336 Å². The Kier molecular flexibility index (Phi) is 14.0. The number of aliphatic carboxylic acids is 1. The van der Waals surface area contributed by atoms with Crippen molar-refractivity contribution in [1.29, 1.82) is 0 Å². The van der Waals surface area contributed by atoms with Gasteiger partial charge in [0.1, 0.15) is 23.8 Å². The number of piperidine rings is 1. The second-order valence-corrected chi connectivity index (χ2v) is 13.6. The second-order valence-electron chi connectivity index (χ2n) is 12.9. The molecule has 5 aromatic carbocycles. The van der Waals surface area contributed by atoms with E-state index in [0.717, 1.165) is 59.9 Å². The molecule has 9 nitrogen and oxygen atoms in total. The van der Waals surface area contributed by atoms with Crippen molar-refractivity contribution in [2.75, 3.05) is 26.2 Å². The maximum absolute atomic E-state index is 10.8. The number of likely N-dealkylation sites (tertiary alicyclic amines) is 1. The molecule has 2 aliphatic rings. The van der Waals surface area contributed by atoms with E-state index in [4.69, 9.17) is 48.0 Å². The molecule has 0 saturated carbocycles. The Morgan fingerprint density at radius 3 is 2.22 bits per heavy atom. The molecule has 0 aliphatic carbocycles. The van der Waals surface area contributed by atoms with E-state index in [1.807, 2.05) is 125 Å². The number of fused-ring (bicyclic) bond motifs is 2. The fourth-order valence-corrected chi connectivity index (χ4v) is 6.96. The average molecular weight is 808 g/mol. The number of halogens is 4. The van der Waals surface area contributed by atoms with Crippen LogP contribution in [0.3, 0.4) is 0 Å². The summed E-state index contributed by atoms with van der Waals surface area (Å²) in [5.74, 6) is 1.55. The van der Waals surface area contributed by atoms with Crippen molar-refractivity contribution in [2.24, 2.45) is 0 Å². The minimum atomic E-state index is -0.744. The van der Waals surface area contributed by atoms with E-state index >= 15 is 0 Å². The molecule has 0 atom stereocenters. The summed E-state index contributed by atoms with van der Waals surface area (Å²) in [5.41, 5.74) is 5.00. The highest BCUT2D eigenvalue weighted by atomic mass is 35.5. The van der Waals surface area contributed by atoms with Crippen molar-refractivity contribution >= 4 is 41.6 Å². The lowest BCUT2D eigenvalue weighted by molar-refractivity contribution is -0.734. The zero-order valence-electron chi connectivity index (χ0n) is 29.2. The normalized spacial score (nSPS) is 14.0. The standard InChI is InChI=1S/C22H23Cl2NO4.C19H15N4.2ClH/c23-18-3-1-2-15(21(18)24)13-28-16-4-5-17-19(12-16)29-14-22(17)7-10-25(11-8-22)9-6-20(26)27;1-4-10-16(11-5-1)19-20-22(17-12-6-2-7-13-17)23(21-19)18-14-8-3-9-15-18;;/h1-5,12H,6-11,13-14H2,(H,26,27);1-15H;2*1H/q;+1;;/p-1. The van der Waals surface area contributed by atoms with Crippen LogP contribution in [-0.2, 0) is 16.8 Å². The van der Waals surface area contributed by atoms with Crippen LogP contribution in [0.15, 0.2) is 127 Å². The lowest BCUT2D eigenvalue weighted by Crippen LogP contribution is -3.00. The molecule has 0 unspecified atom stereocenters. The van der Waals surface area contributed by atoms with Gasteiger partial charge in [-0.2, -0.15) is 0 Å². The van der Waals surface area contributed by atoms with E-state index in [-0.39, 0.29) is 36.6 Å². The highest BCUT2D eigenvalue weighted by molar-refractivity contribution is 6.42. The summed E-state index contributed by atoms with van der Waals surface area (Å²) in [6.07, 6.45) is 2.13. The summed E-state index contributed by atoms with van der Waals surface area (Å²) in [6.45, 7) is 3.39. The molecule has 1 N–H and O–H groups in total. The first-order valence-electron chi connectivity index (χ1n) is 17.2. The van der Waals surface area contributed by atoms with Crippen molar-refractivity contribution in [2.45, 2.75) is 31.3 Å². The number of tetrazole rings is 1. The number of nitrogens with zero attached hydrogens (tertiary/aromatic N) is 5. The van der Waals surface area contributed by atoms with E-state index in [0.29, 0.717) is 35.6 Å². The van der Waals surface area contributed by atoms with E-state index < -0.39 is 5.97 Å².